The Morgan fingerprint density at radius 2 is 1.64 bits per heavy atom. The first kappa shape index (κ1) is 14.3. The summed E-state index contributed by atoms with van der Waals surface area (Å²) in [6.07, 6.45) is 0. The number of benzene rings is 2. The summed E-state index contributed by atoms with van der Waals surface area (Å²) in [6.45, 7) is 6.19. The van der Waals surface area contributed by atoms with E-state index in [1.54, 1.807) is 4.68 Å². The minimum atomic E-state index is -0.410. The number of tetrazole rings is 1. The summed E-state index contributed by atoms with van der Waals surface area (Å²) in [4.78, 5) is 0. The number of aryl methyl sites for hydroxylation is 1. The number of nitrogens with one attached hydrogen (secondary N) is 1. The SMILES string of the molecule is Cc1ccccc1-n1nnnc1C(C)(C)Nc1ccccc1. The van der Waals surface area contributed by atoms with Crippen molar-refractivity contribution in [1.82, 2.24) is 20.2 Å². The maximum absolute atomic E-state index is 4.24. The molecule has 5 heteroatoms. The molecule has 3 aromatic rings. The van der Waals surface area contributed by atoms with E-state index in [1.165, 1.54) is 0 Å². The van der Waals surface area contributed by atoms with E-state index in [4.69, 9.17) is 0 Å². The van der Waals surface area contributed by atoms with Crippen LogP contribution in [0.15, 0.2) is 54.6 Å². The summed E-state index contributed by atoms with van der Waals surface area (Å²) < 4.78 is 1.80. The quantitative estimate of drug-likeness (QED) is 0.801. The molecule has 0 bridgehead atoms. The first-order valence-electron chi connectivity index (χ1n) is 7.26. The smallest absolute Gasteiger partial charge is 0.181 e. The lowest BCUT2D eigenvalue weighted by atomic mass is 10.0. The van der Waals surface area contributed by atoms with Crippen LogP contribution in [-0.2, 0) is 5.54 Å². The molecule has 0 radical (unpaired) electrons. The van der Waals surface area contributed by atoms with E-state index in [1.807, 2.05) is 48.5 Å². The molecule has 0 unspecified atom stereocenters. The fourth-order valence-corrected chi connectivity index (χ4v) is 2.48. The fraction of sp³-hybridized carbons (Fsp3) is 0.235. The predicted molar refractivity (Wildman–Crippen MR) is 87.0 cm³/mol. The zero-order chi connectivity index (χ0) is 15.6. The molecule has 0 fully saturated rings. The molecule has 2 aromatic carbocycles. The highest BCUT2D eigenvalue weighted by atomic mass is 15.6. The van der Waals surface area contributed by atoms with Crippen LogP contribution in [0.2, 0.25) is 0 Å². The molecule has 0 saturated carbocycles. The number of hydrogen-bond donors (Lipinski definition) is 1. The molecule has 1 aromatic heterocycles. The lowest BCUT2D eigenvalue weighted by Crippen LogP contribution is -2.32. The molecule has 0 aliphatic rings. The Hall–Kier alpha value is -2.69. The highest BCUT2D eigenvalue weighted by molar-refractivity contribution is 5.47. The molecule has 5 nitrogen and oxygen atoms in total. The van der Waals surface area contributed by atoms with Gasteiger partial charge in [-0.2, -0.15) is 4.68 Å². The predicted octanol–water partition coefficient (Wildman–Crippen LogP) is 3.32. The first-order valence-corrected chi connectivity index (χ1v) is 7.26. The number of nitrogens with zero attached hydrogens (tertiary/aromatic N) is 4. The van der Waals surface area contributed by atoms with E-state index in [0.29, 0.717) is 0 Å². The average Bonchev–Trinajstić information content (AvgIpc) is 2.98. The van der Waals surface area contributed by atoms with E-state index in [0.717, 1.165) is 22.8 Å². The Bertz CT molecular complexity index is 761. The number of para-hydroxylation sites is 2. The van der Waals surface area contributed by atoms with Gasteiger partial charge in [0, 0.05) is 5.69 Å². The minimum absolute atomic E-state index is 0.410. The van der Waals surface area contributed by atoms with Gasteiger partial charge >= 0.3 is 0 Å². The van der Waals surface area contributed by atoms with Crippen molar-refractivity contribution < 1.29 is 0 Å². The molecule has 0 amide bonds. The second-order valence-corrected chi connectivity index (χ2v) is 5.82. The van der Waals surface area contributed by atoms with Gasteiger partial charge in [-0.25, -0.2) is 0 Å². The van der Waals surface area contributed by atoms with Gasteiger partial charge in [-0.3, -0.25) is 0 Å². The van der Waals surface area contributed by atoms with Gasteiger partial charge in [-0.15, -0.1) is 5.10 Å². The standard InChI is InChI=1S/C17H19N5/c1-13-9-7-8-12-15(13)22-16(19-20-21-22)17(2,3)18-14-10-5-4-6-11-14/h4-12,18H,1-3H3. The Morgan fingerprint density at radius 1 is 0.955 bits per heavy atom. The Kier molecular flexibility index (Phi) is 3.63. The number of hydrogen-bond acceptors (Lipinski definition) is 4. The van der Waals surface area contributed by atoms with Gasteiger partial charge in [-0.05, 0) is 55.0 Å². The summed E-state index contributed by atoms with van der Waals surface area (Å²) in [6, 6.07) is 18.1. The second-order valence-electron chi connectivity index (χ2n) is 5.82. The maximum atomic E-state index is 4.24. The normalized spacial score (nSPS) is 11.4. The van der Waals surface area contributed by atoms with Crippen molar-refractivity contribution >= 4 is 5.69 Å². The highest BCUT2D eigenvalue weighted by Crippen LogP contribution is 2.25. The van der Waals surface area contributed by atoms with Crippen LogP contribution in [0.3, 0.4) is 0 Å². The van der Waals surface area contributed by atoms with Crippen molar-refractivity contribution in [2.24, 2.45) is 0 Å². The molecule has 0 aliphatic carbocycles. The van der Waals surface area contributed by atoms with Gasteiger partial charge in [0.05, 0.1) is 11.2 Å². The highest BCUT2D eigenvalue weighted by Gasteiger charge is 2.28. The van der Waals surface area contributed by atoms with Crippen LogP contribution in [0, 0.1) is 6.92 Å². The summed E-state index contributed by atoms with van der Waals surface area (Å²) in [5.74, 6) is 0.769. The number of aromatic nitrogens is 4. The van der Waals surface area contributed by atoms with Gasteiger partial charge in [0.1, 0.15) is 0 Å². The van der Waals surface area contributed by atoms with Crippen LogP contribution < -0.4 is 5.32 Å². The van der Waals surface area contributed by atoms with Crippen molar-refractivity contribution in [2.45, 2.75) is 26.3 Å². The third-order valence-electron chi connectivity index (χ3n) is 3.60. The third kappa shape index (κ3) is 2.70. The second kappa shape index (κ2) is 5.60. The zero-order valence-electron chi connectivity index (χ0n) is 13.0. The van der Waals surface area contributed by atoms with Gasteiger partial charge in [0.25, 0.3) is 0 Å². The molecular formula is C17H19N5. The topological polar surface area (TPSA) is 55.6 Å². The largest absolute Gasteiger partial charge is 0.373 e. The lowest BCUT2D eigenvalue weighted by molar-refractivity contribution is 0.541. The average molecular weight is 293 g/mol. The van der Waals surface area contributed by atoms with Gasteiger partial charge in [0.15, 0.2) is 5.82 Å². The molecule has 0 saturated heterocycles. The summed E-state index contributed by atoms with van der Waals surface area (Å²) in [5.41, 5.74) is 2.75. The van der Waals surface area contributed by atoms with Crippen LogP contribution in [0.1, 0.15) is 25.2 Å². The Balaban J connectivity index is 1.99. The van der Waals surface area contributed by atoms with Crippen molar-refractivity contribution in [3.05, 3.63) is 66.0 Å². The number of rotatable bonds is 4. The van der Waals surface area contributed by atoms with Crippen LogP contribution in [0.4, 0.5) is 5.69 Å². The molecule has 1 N–H and O–H groups in total. The van der Waals surface area contributed by atoms with Crippen LogP contribution >= 0.6 is 0 Å². The minimum Gasteiger partial charge on any atom is -0.373 e. The lowest BCUT2D eigenvalue weighted by Gasteiger charge is -2.26. The zero-order valence-corrected chi connectivity index (χ0v) is 13.0. The van der Waals surface area contributed by atoms with Crippen LogP contribution in [0.25, 0.3) is 5.69 Å². The summed E-state index contributed by atoms with van der Waals surface area (Å²) in [5, 5.41) is 15.8. The van der Waals surface area contributed by atoms with Gasteiger partial charge in [0.2, 0.25) is 0 Å². The summed E-state index contributed by atoms with van der Waals surface area (Å²) >= 11 is 0. The van der Waals surface area contributed by atoms with E-state index in [-0.39, 0.29) is 0 Å². The third-order valence-corrected chi connectivity index (χ3v) is 3.60. The molecule has 112 valence electrons. The van der Waals surface area contributed by atoms with Crippen molar-refractivity contribution in [2.75, 3.05) is 5.32 Å². The molecule has 0 atom stereocenters. The van der Waals surface area contributed by atoms with E-state index in [9.17, 15) is 0 Å². The van der Waals surface area contributed by atoms with Crippen molar-refractivity contribution in [3.8, 4) is 5.69 Å². The molecule has 22 heavy (non-hydrogen) atoms. The van der Waals surface area contributed by atoms with Gasteiger partial charge in [-0.1, -0.05) is 36.4 Å². The Labute approximate surface area is 130 Å². The van der Waals surface area contributed by atoms with Crippen LogP contribution in [-0.4, -0.2) is 20.2 Å². The molecular weight excluding hydrogens is 274 g/mol. The molecule has 3 rings (SSSR count). The van der Waals surface area contributed by atoms with E-state index in [2.05, 4.69) is 47.7 Å². The van der Waals surface area contributed by atoms with Crippen molar-refractivity contribution in [3.63, 3.8) is 0 Å². The maximum Gasteiger partial charge on any atom is 0.181 e. The van der Waals surface area contributed by atoms with E-state index >= 15 is 0 Å². The summed E-state index contributed by atoms with van der Waals surface area (Å²) in [7, 11) is 0. The molecule has 0 spiro atoms. The first-order chi connectivity index (χ1) is 10.6. The number of anilines is 1. The van der Waals surface area contributed by atoms with E-state index < -0.39 is 5.54 Å². The monoisotopic (exact) mass is 293 g/mol. The van der Waals surface area contributed by atoms with Crippen LogP contribution in [0.5, 0.6) is 0 Å². The Morgan fingerprint density at radius 3 is 2.36 bits per heavy atom. The fourth-order valence-electron chi connectivity index (χ4n) is 2.48. The van der Waals surface area contributed by atoms with Crippen molar-refractivity contribution in [1.29, 1.82) is 0 Å². The van der Waals surface area contributed by atoms with Gasteiger partial charge < -0.3 is 5.32 Å². The molecule has 0 aliphatic heterocycles. The molecule has 1 heterocycles.